The standard InChI is InChI=1S/C22H22N6O8S2/c1-22(2,20(33)34)36-27-13(11-8-38-21(23)25-11)16(29)26-14-17(30)28-15(19(31)32)12(9-37-18(14)28)35-7-10-3-5-24-6-4-10/h3-6,8,14,18H,7,9H2,1-2H3,(H2,23,25)(H,26,29)(H,31,32)(H,33,34)/b27-13-/t14-,18-/m1/s1. The van der Waals surface area contributed by atoms with E-state index in [-0.39, 0.29) is 34.6 Å². The van der Waals surface area contributed by atoms with Gasteiger partial charge in [-0.25, -0.2) is 14.6 Å². The van der Waals surface area contributed by atoms with Gasteiger partial charge in [-0.2, -0.15) is 0 Å². The summed E-state index contributed by atoms with van der Waals surface area (Å²) in [6, 6.07) is 2.35. The number of carbonyl (C=O) groups excluding carboxylic acids is 2. The first-order valence-electron chi connectivity index (χ1n) is 10.9. The van der Waals surface area contributed by atoms with Crippen molar-refractivity contribution in [3.05, 3.63) is 52.6 Å². The van der Waals surface area contributed by atoms with Crippen LogP contribution in [0.5, 0.6) is 0 Å². The molecule has 2 aromatic rings. The molecule has 0 aromatic carbocycles. The number of aliphatic carboxylic acids is 2. The summed E-state index contributed by atoms with van der Waals surface area (Å²) < 4.78 is 5.71. The summed E-state index contributed by atoms with van der Waals surface area (Å²) in [7, 11) is 0. The number of nitrogen functional groups attached to an aromatic ring is 1. The highest BCUT2D eigenvalue weighted by Gasteiger charge is 2.55. The number of oxime groups is 1. The number of carboxylic acid groups (broad SMARTS) is 2. The molecule has 2 aromatic heterocycles. The third-order valence-corrected chi connectivity index (χ3v) is 7.37. The number of β-lactam (4-membered cyclic amide) rings is 1. The maximum Gasteiger partial charge on any atom is 0.356 e. The predicted octanol–water partition coefficient (Wildman–Crippen LogP) is 0.617. The lowest BCUT2D eigenvalue weighted by molar-refractivity contribution is -0.161. The zero-order valence-corrected chi connectivity index (χ0v) is 21.6. The summed E-state index contributed by atoms with van der Waals surface area (Å²) in [5, 5.41) is 26.1. The summed E-state index contributed by atoms with van der Waals surface area (Å²) in [6.45, 7) is 2.57. The lowest BCUT2D eigenvalue weighted by atomic mass is 10.0. The first-order valence-corrected chi connectivity index (χ1v) is 12.9. The van der Waals surface area contributed by atoms with E-state index in [1.165, 1.54) is 31.0 Å². The topological polar surface area (TPSA) is 207 Å². The molecule has 0 aliphatic carbocycles. The molecule has 0 spiro atoms. The van der Waals surface area contributed by atoms with E-state index >= 15 is 0 Å². The second-order valence-corrected chi connectivity index (χ2v) is 10.5. The van der Waals surface area contributed by atoms with Crippen LogP contribution < -0.4 is 11.1 Å². The number of nitrogens with zero attached hydrogens (tertiary/aromatic N) is 4. The number of ether oxygens (including phenoxy) is 1. The van der Waals surface area contributed by atoms with Crippen LogP contribution in [0.15, 0.2) is 46.5 Å². The van der Waals surface area contributed by atoms with Crippen molar-refractivity contribution < 1.29 is 39.0 Å². The van der Waals surface area contributed by atoms with Gasteiger partial charge < -0.3 is 30.8 Å². The quantitative estimate of drug-likeness (QED) is 0.179. The number of hydrogen-bond donors (Lipinski definition) is 4. The Kier molecular flexibility index (Phi) is 7.54. The van der Waals surface area contributed by atoms with Gasteiger partial charge in [-0.3, -0.25) is 19.5 Å². The van der Waals surface area contributed by atoms with Crippen molar-refractivity contribution in [3.8, 4) is 0 Å². The number of aromatic nitrogens is 2. The molecule has 5 N–H and O–H groups in total. The summed E-state index contributed by atoms with van der Waals surface area (Å²) >= 11 is 2.23. The molecule has 1 fully saturated rings. The minimum absolute atomic E-state index is 0.0176. The van der Waals surface area contributed by atoms with Gasteiger partial charge in [0.15, 0.2) is 16.5 Å². The van der Waals surface area contributed by atoms with Crippen molar-refractivity contribution in [2.75, 3.05) is 11.5 Å². The van der Waals surface area contributed by atoms with E-state index in [4.69, 9.17) is 15.3 Å². The molecule has 4 rings (SSSR count). The van der Waals surface area contributed by atoms with Gasteiger partial charge in [-0.1, -0.05) is 5.16 Å². The molecule has 4 heterocycles. The van der Waals surface area contributed by atoms with Crippen molar-refractivity contribution in [1.29, 1.82) is 0 Å². The number of fused-ring (bicyclic) bond motifs is 1. The van der Waals surface area contributed by atoms with Crippen LogP contribution >= 0.6 is 23.1 Å². The van der Waals surface area contributed by atoms with E-state index in [0.29, 0.717) is 0 Å². The van der Waals surface area contributed by atoms with Crippen LogP contribution in [0, 0.1) is 0 Å². The maximum atomic E-state index is 13.1. The summed E-state index contributed by atoms with van der Waals surface area (Å²) in [6.07, 6.45) is 3.16. The van der Waals surface area contributed by atoms with Crippen LogP contribution in [-0.2, 0) is 35.4 Å². The number of amides is 2. The molecular formula is C22H22N6O8S2. The Hall–Kier alpha value is -4.18. The van der Waals surface area contributed by atoms with Crippen molar-refractivity contribution in [2.45, 2.75) is 37.5 Å². The van der Waals surface area contributed by atoms with E-state index in [1.807, 2.05) is 0 Å². The van der Waals surface area contributed by atoms with Crippen LogP contribution in [0.2, 0.25) is 0 Å². The molecule has 14 nitrogen and oxygen atoms in total. The van der Waals surface area contributed by atoms with Crippen LogP contribution in [-0.4, -0.2) is 77.3 Å². The van der Waals surface area contributed by atoms with Gasteiger partial charge in [0.05, 0.1) is 5.75 Å². The van der Waals surface area contributed by atoms with E-state index < -0.39 is 46.5 Å². The fourth-order valence-electron chi connectivity index (χ4n) is 3.36. The average molecular weight is 563 g/mol. The van der Waals surface area contributed by atoms with Crippen molar-refractivity contribution >= 4 is 57.7 Å². The molecule has 200 valence electrons. The number of nitrogens with two attached hydrogens (primary N) is 1. The Morgan fingerprint density at radius 3 is 2.61 bits per heavy atom. The first-order chi connectivity index (χ1) is 18.0. The SMILES string of the molecule is CC(C)(O/N=C(\C(=O)N[C@@H]1C(=O)N2C(C(=O)O)=C(OCc3ccncc3)CS[C@H]12)c1csc(N)n1)C(=O)O. The normalized spacial score (nSPS) is 19.4. The van der Waals surface area contributed by atoms with E-state index in [1.54, 1.807) is 24.5 Å². The minimum atomic E-state index is -1.76. The summed E-state index contributed by atoms with van der Waals surface area (Å²) in [4.78, 5) is 63.6. The van der Waals surface area contributed by atoms with Crippen molar-refractivity contribution in [1.82, 2.24) is 20.2 Å². The average Bonchev–Trinajstić information content (AvgIpc) is 3.31. The number of carbonyl (C=O) groups is 4. The van der Waals surface area contributed by atoms with Crippen molar-refractivity contribution in [2.24, 2.45) is 5.16 Å². The van der Waals surface area contributed by atoms with E-state index in [9.17, 15) is 29.4 Å². The number of thiazole rings is 1. The monoisotopic (exact) mass is 562 g/mol. The molecule has 2 aliphatic rings. The number of pyridine rings is 1. The van der Waals surface area contributed by atoms with Gasteiger partial charge in [0, 0.05) is 17.8 Å². The first kappa shape index (κ1) is 26.9. The molecule has 2 aliphatic heterocycles. The third kappa shape index (κ3) is 5.40. The minimum Gasteiger partial charge on any atom is -0.490 e. The largest absolute Gasteiger partial charge is 0.490 e. The predicted molar refractivity (Wildman–Crippen MR) is 135 cm³/mol. The number of carboxylic acids is 2. The molecule has 1 saturated heterocycles. The Morgan fingerprint density at radius 2 is 2.00 bits per heavy atom. The van der Waals surface area contributed by atoms with Gasteiger partial charge in [0.2, 0.25) is 5.60 Å². The lowest BCUT2D eigenvalue weighted by Gasteiger charge is -2.49. The van der Waals surface area contributed by atoms with Crippen LogP contribution in [0.4, 0.5) is 5.13 Å². The van der Waals surface area contributed by atoms with Crippen molar-refractivity contribution in [3.63, 3.8) is 0 Å². The van der Waals surface area contributed by atoms with E-state index in [2.05, 4.69) is 20.4 Å². The summed E-state index contributed by atoms with van der Waals surface area (Å²) in [5.41, 5.74) is 3.99. The summed E-state index contributed by atoms with van der Waals surface area (Å²) in [5.74, 6) is -3.94. The second kappa shape index (κ2) is 10.7. The van der Waals surface area contributed by atoms with E-state index in [0.717, 1.165) is 21.8 Å². The Bertz CT molecular complexity index is 1340. The molecule has 16 heteroatoms. The molecule has 2 amide bonds. The van der Waals surface area contributed by atoms with Crippen LogP contribution in [0.25, 0.3) is 0 Å². The molecule has 2 atom stereocenters. The zero-order valence-electron chi connectivity index (χ0n) is 20.0. The van der Waals surface area contributed by atoms with Gasteiger partial charge in [-0.05, 0) is 31.5 Å². The third-order valence-electron chi connectivity index (χ3n) is 5.44. The molecule has 38 heavy (non-hydrogen) atoms. The molecule has 0 saturated carbocycles. The molecule has 0 radical (unpaired) electrons. The number of nitrogens with one attached hydrogen (secondary N) is 1. The Balaban J connectivity index is 1.52. The highest BCUT2D eigenvalue weighted by molar-refractivity contribution is 8.00. The van der Waals surface area contributed by atoms with Gasteiger partial charge >= 0.3 is 11.9 Å². The number of rotatable bonds is 10. The lowest BCUT2D eigenvalue weighted by Crippen LogP contribution is -2.71. The smallest absolute Gasteiger partial charge is 0.356 e. The zero-order chi connectivity index (χ0) is 27.6. The van der Waals surface area contributed by atoms with Gasteiger partial charge in [0.25, 0.3) is 11.8 Å². The number of thioether (sulfide) groups is 1. The van der Waals surface area contributed by atoms with Crippen LogP contribution in [0.1, 0.15) is 25.1 Å². The number of hydrogen-bond acceptors (Lipinski definition) is 12. The van der Waals surface area contributed by atoms with Crippen LogP contribution in [0.3, 0.4) is 0 Å². The fourth-order valence-corrected chi connectivity index (χ4v) is 5.19. The molecule has 0 bridgehead atoms. The number of anilines is 1. The Morgan fingerprint density at radius 1 is 1.29 bits per heavy atom. The highest BCUT2D eigenvalue weighted by atomic mass is 32.2. The maximum absolute atomic E-state index is 13.1. The second-order valence-electron chi connectivity index (χ2n) is 8.50. The van der Waals surface area contributed by atoms with Gasteiger partial charge in [-0.15, -0.1) is 23.1 Å². The molecule has 0 unspecified atom stereocenters. The van der Waals surface area contributed by atoms with Gasteiger partial charge in [0.1, 0.15) is 29.5 Å². The highest BCUT2D eigenvalue weighted by Crippen LogP contribution is 2.40. The Labute approximate surface area is 223 Å². The molecular weight excluding hydrogens is 540 g/mol. The fraction of sp³-hybridized carbons (Fsp3) is 0.318.